The van der Waals surface area contributed by atoms with Gasteiger partial charge < -0.3 is 4.98 Å². The van der Waals surface area contributed by atoms with Gasteiger partial charge in [-0.25, -0.2) is 0 Å². The van der Waals surface area contributed by atoms with E-state index in [-0.39, 0.29) is 4.87 Å². The van der Waals surface area contributed by atoms with E-state index in [9.17, 15) is 4.79 Å². The molecule has 0 saturated carbocycles. The van der Waals surface area contributed by atoms with E-state index in [1.54, 1.807) is 0 Å². The number of piperidine rings is 1. The molecule has 1 atom stereocenters. The average molecular weight is 316 g/mol. The maximum atomic E-state index is 11.9. The summed E-state index contributed by atoms with van der Waals surface area (Å²) >= 11 is 1.36. The highest BCUT2D eigenvalue weighted by Crippen LogP contribution is 2.27. The van der Waals surface area contributed by atoms with E-state index < -0.39 is 0 Å². The predicted molar refractivity (Wildman–Crippen MR) is 93.5 cm³/mol. The minimum Gasteiger partial charge on any atom is -0.312 e. The van der Waals surface area contributed by atoms with Gasteiger partial charge >= 0.3 is 4.87 Å². The molecule has 1 N–H and O–H groups in total. The van der Waals surface area contributed by atoms with Gasteiger partial charge in [-0.15, -0.1) is 0 Å². The summed E-state index contributed by atoms with van der Waals surface area (Å²) in [7, 11) is 0. The summed E-state index contributed by atoms with van der Waals surface area (Å²) in [6.45, 7) is 9.72. The lowest BCUT2D eigenvalue weighted by atomic mass is 10.00. The predicted octanol–water partition coefficient (Wildman–Crippen LogP) is 3.95. The molecule has 22 heavy (non-hydrogen) atoms. The molecule has 0 amide bonds. The Balaban J connectivity index is 1.89. The molecule has 118 valence electrons. The fourth-order valence-corrected chi connectivity index (χ4v) is 4.13. The maximum absolute atomic E-state index is 11.9. The lowest BCUT2D eigenvalue weighted by Crippen LogP contribution is -2.33. The molecule has 0 spiro atoms. The third kappa shape index (κ3) is 3.33. The number of likely N-dealkylation sites (tertiary alicyclic amines) is 1. The quantitative estimate of drug-likeness (QED) is 0.930. The van der Waals surface area contributed by atoms with Crippen molar-refractivity contribution in [3.05, 3.63) is 43.9 Å². The zero-order valence-electron chi connectivity index (χ0n) is 13.6. The maximum Gasteiger partial charge on any atom is 0.305 e. The van der Waals surface area contributed by atoms with Crippen LogP contribution in [0.4, 0.5) is 0 Å². The van der Waals surface area contributed by atoms with E-state index in [0.717, 1.165) is 36.8 Å². The third-order valence-corrected chi connectivity index (χ3v) is 5.49. The Morgan fingerprint density at radius 3 is 2.86 bits per heavy atom. The van der Waals surface area contributed by atoms with Crippen molar-refractivity contribution >= 4 is 11.3 Å². The topological polar surface area (TPSA) is 36.1 Å². The number of aryl methyl sites for hydroxylation is 2. The van der Waals surface area contributed by atoms with Crippen molar-refractivity contribution in [2.75, 3.05) is 13.1 Å². The van der Waals surface area contributed by atoms with Crippen LogP contribution >= 0.6 is 11.3 Å². The highest BCUT2D eigenvalue weighted by Gasteiger charge is 2.19. The van der Waals surface area contributed by atoms with Gasteiger partial charge in [0.25, 0.3) is 0 Å². The number of nitrogens with zero attached hydrogens (tertiary/aromatic N) is 1. The molecule has 2 aromatic rings. The Kier molecular flexibility index (Phi) is 4.50. The second kappa shape index (κ2) is 6.39. The van der Waals surface area contributed by atoms with E-state index in [1.165, 1.54) is 40.2 Å². The molecule has 1 aliphatic rings. The third-order valence-electron chi connectivity index (χ3n) is 4.63. The molecule has 1 aliphatic heterocycles. The van der Waals surface area contributed by atoms with Gasteiger partial charge in [-0.3, -0.25) is 9.69 Å². The number of H-pyrrole nitrogens is 1. The Hall–Kier alpha value is -1.39. The Morgan fingerprint density at radius 2 is 2.14 bits per heavy atom. The minimum absolute atomic E-state index is 0.0493. The summed E-state index contributed by atoms with van der Waals surface area (Å²) in [6, 6.07) is 6.42. The van der Waals surface area contributed by atoms with Gasteiger partial charge in [-0.1, -0.05) is 30.4 Å². The van der Waals surface area contributed by atoms with E-state index >= 15 is 0 Å². The number of thiazole rings is 1. The molecular formula is C18H24N2OS. The summed E-state index contributed by atoms with van der Waals surface area (Å²) in [5.74, 6) is 0.759. The van der Waals surface area contributed by atoms with Gasteiger partial charge in [0.2, 0.25) is 0 Å². The first-order valence-electron chi connectivity index (χ1n) is 8.05. The summed E-state index contributed by atoms with van der Waals surface area (Å²) in [6.07, 6.45) is 2.59. The average Bonchev–Trinajstić information content (AvgIpc) is 2.82. The SMILES string of the molecule is Cc1ccc(-c2[nH]c(=O)sc2CN2CCCC(C)C2)cc1C. The van der Waals surface area contributed by atoms with Gasteiger partial charge in [-0.2, -0.15) is 0 Å². The second-order valence-electron chi connectivity index (χ2n) is 6.59. The number of hydrogen-bond donors (Lipinski definition) is 1. The number of hydrogen-bond acceptors (Lipinski definition) is 3. The summed E-state index contributed by atoms with van der Waals surface area (Å²) in [5.41, 5.74) is 4.69. The fourth-order valence-electron chi connectivity index (χ4n) is 3.24. The van der Waals surface area contributed by atoms with Crippen molar-refractivity contribution in [3.63, 3.8) is 0 Å². The Bertz CT molecular complexity index is 716. The smallest absolute Gasteiger partial charge is 0.305 e. The first-order valence-corrected chi connectivity index (χ1v) is 8.86. The molecule has 1 saturated heterocycles. The highest BCUT2D eigenvalue weighted by molar-refractivity contribution is 7.09. The molecule has 0 bridgehead atoms. The number of benzene rings is 1. The fraction of sp³-hybridized carbons (Fsp3) is 0.500. The Labute approximate surface area is 136 Å². The van der Waals surface area contributed by atoms with Crippen molar-refractivity contribution in [1.82, 2.24) is 9.88 Å². The van der Waals surface area contributed by atoms with E-state index in [4.69, 9.17) is 0 Å². The summed E-state index contributed by atoms with van der Waals surface area (Å²) < 4.78 is 0. The molecule has 4 heteroatoms. The van der Waals surface area contributed by atoms with Gasteiger partial charge in [0, 0.05) is 18.0 Å². The van der Waals surface area contributed by atoms with Gasteiger partial charge in [0.15, 0.2) is 0 Å². The largest absolute Gasteiger partial charge is 0.312 e. The van der Waals surface area contributed by atoms with Crippen LogP contribution in [0.25, 0.3) is 11.3 Å². The second-order valence-corrected chi connectivity index (χ2v) is 7.66. The summed E-state index contributed by atoms with van der Waals surface area (Å²) in [5, 5.41) is 0. The highest BCUT2D eigenvalue weighted by atomic mass is 32.1. The van der Waals surface area contributed by atoms with Crippen LogP contribution in [0.2, 0.25) is 0 Å². The molecule has 0 aliphatic carbocycles. The Morgan fingerprint density at radius 1 is 1.32 bits per heavy atom. The molecule has 3 nitrogen and oxygen atoms in total. The zero-order valence-corrected chi connectivity index (χ0v) is 14.4. The molecule has 1 fully saturated rings. The van der Waals surface area contributed by atoms with Crippen LogP contribution in [0.3, 0.4) is 0 Å². The number of nitrogens with one attached hydrogen (secondary N) is 1. The van der Waals surface area contributed by atoms with Crippen LogP contribution in [-0.4, -0.2) is 23.0 Å². The minimum atomic E-state index is 0.0493. The van der Waals surface area contributed by atoms with E-state index in [1.807, 2.05) is 0 Å². The molecular weight excluding hydrogens is 292 g/mol. The van der Waals surface area contributed by atoms with Gasteiger partial charge in [0.1, 0.15) is 0 Å². The van der Waals surface area contributed by atoms with Crippen LogP contribution < -0.4 is 4.87 Å². The van der Waals surface area contributed by atoms with E-state index in [0.29, 0.717) is 0 Å². The molecule has 1 aromatic carbocycles. The number of aromatic amines is 1. The molecule has 1 unspecified atom stereocenters. The molecule has 1 aromatic heterocycles. The van der Waals surface area contributed by atoms with Crippen molar-refractivity contribution < 1.29 is 0 Å². The van der Waals surface area contributed by atoms with Crippen LogP contribution in [0.5, 0.6) is 0 Å². The lowest BCUT2D eigenvalue weighted by molar-refractivity contribution is 0.178. The van der Waals surface area contributed by atoms with Crippen molar-refractivity contribution in [3.8, 4) is 11.3 Å². The summed E-state index contributed by atoms with van der Waals surface area (Å²) in [4.78, 5) is 18.6. The molecule has 0 radical (unpaired) electrons. The lowest BCUT2D eigenvalue weighted by Gasteiger charge is -2.30. The van der Waals surface area contributed by atoms with Crippen molar-refractivity contribution in [2.24, 2.45) is 5.92 Å². The standard InChI is InChI=1S/C18H24N2OS/c1-12-5-4-8-20(10-12)11-16-17(19-18(21)22-16)15-7-6-13(2)14(3)9-15/h6-7,9,12H,4-5,8,10-11H2,1-3H3,(H,19,21). The zero-order chi connectivity index (χ0) is 15.7. The van der Waals surface area contributed by atoms with Gasteiger partial charge in [-0.05, 0) is 61.9 Å². The monoisotopic (exact) mass is 316 g/mol. The normalized spacial score (nSPS) is 19.5. The van der Waals surface area contributed by atoms with Crippen LogP contribution in [0.1, 0.15) is 35.8 Å². The number of aromatic nitrogens is 1. The molecule has 2 heterocycles. The van der Waals surface area contributed by atoms with Crippen molar-refractivity contribution in [1.29, 1.82) is 0 Å². The van der Waals surface area contributed by atoms with Crippen LogP contribution in [0, 0.1) is 19.8 Å². The van der Waals surface area contributed by atoms with Crippen LogP contribution in [-0.2, 0) is 6.54 Å². The van der Waals surface area contributed by atoms with Crippen molar-refractivity contribution in [2.45, 2.75) is 40.2 Å². The first-order chi connectivity index (χ1) is 10.5. The molecule has 3 rings (SSSR count). The number of rotatable bonds is 3. The van der Waals surface area contributed by atoms with E-state index in [2.05, 4.69) is 48.9 Å². The van der Waals surface area contributed by atoms with Gasteiger partial charge in [0.05, 0.1) is 5.69 Å². The first kappa shape index (κ1) is 15.5. The van der Waals surface area contributed by atoms with Crippen LogP contribution in [0.15, 0.2) is 23.0 Å².